The molecule has 0 saturated carbocycles. The number of hydrogen-bond donors (Lipinski definition) is 1. The van der Waals surface area contributed by atoms with Gasteiger partial charge in [-0.15, -0.1) is 0 Å². The minimum atomic E-state index is -0.389. The molecule has 0 atom stereocenters. The molecule has 0 spiro atoms. The summed E-state index contributed by atoms with van der Waals surface area (Å²) in [5.74, 6) is -0.0633. The van der Waals surface area contributed by atoms with Crippen LogP contribution in [0.5, 0.6) is 5.75 Å². The second-order valence-electron chi connectivity index (χ2n) is 4.89. The predicted octanol–water partition coefficient (Wildman–Crippen LogP) is 4.25. The van der Waals surface area contributed by atoms with Gasteiger partial charge in [0.2, 0.25) is 0 Å². The molecule has 6 nitrogen and oxygen atoms in total. The summed E-state index contributed by atoms with van der Waals surface area (Å²) in [4.78, 5) is 16.1. The first-order valence-electron chi connectivity index (χ1n) is 7.06. The number of carbonyl (C=O) groups is 1. The number of benzene rings is 2. The lowest BCUT2D eigenvalue weighted by Crippen LogP contribution is -2.21. The summed E-state index contributed by atoms with van der Waals surface area (Å²) in [6.45, 7) is -0.247. The maximum atomic E-state index is 12.2. The van der Waals surface area contributed by atoms with Crippen LogP contribution in [0, 0.1) is 0 Å². The first-order valence-corrected chi connectivity index (χ1v) is 8.19. The van der Waals surface area contributed by atoms with E-state index in [4.69, 9.17) is 39.5 Å². The van der Waals surface area contributed by atoms with E-state index in [0.717, 1.165) is 0 Å². The monoisotopic (exact) mass is 396 g/mol. The Morgan fingerprint density at radius 1 is 1.20 bits per heavy atom. The van der Waals surface area contributed by atoms with Gasteiger partial charge in [0, 0.05) is 5.02 Å². The van der Waals surface area contributed by atoms with E-state index in [-0.39, 0.29) is 17.5 Å². The SMILES string of the molecule is O=C(COc1cccc(Cl)c1Cl)Nc1cc(Cl)ccc1-n1cncn1. The Bertz CT molecular complexity index is 900. The molecule has 0 aliphatic heterocycles. The molecule has 1 N–H and O–H groups in total. The molecule has 0 saturated heterocycles. The highest BCUT2D eigenvalue weighted by Gasteiger charge is 2.12. The van der Waals surface area contributed by atoms with Crippen molar-refractivity contribution in [1.82, 2.24) is 14.8 Å². The first-order chi connectivity index (χ1) is 12.0. The molecule has 9 heteroatoms. The third-order valence-corrected chi connectivity index (χ3v) is 4.21. The Morgan fingerprint density at radius 2 is 2.04 bits per heavy atom. The molecular weight excluding hydrogens is 387 g/mol. The number of anilines is 1. The Balaban J connectivity index is 1.73. The van der Waals surface area contributed by atoms with E-state index >= 15 is 0 Å². The summed E-state index contributed by atoms with van der Waals surface area (Å²) in [7, 11) is 0. The molecule has 0 aliphatic rings. The fourth-order valence-electron chi connectivity index (χ4n) is 2.07. The molecule has 1 heterocycles. The summed E-state index contributed by atoms with van der Waals surface area (Å²) < 4.78 is 6.93. The number of carbonyl (C=O) groups excluding carboxylic acids is 1. The van der Waals surface area contributed by atoms with Crippen LogP contribution >= 0.6 is 34.8 Å². The van der Waals surface area contributed by atoms with E-state index in [2.05, 4.69) is 15.4 Å². The molecule has 0 radical (unpaired) electrons. The van der Waals surface area contributed by atoms with Crippen molar-refractivity contribution in [1.29, 1.82) is 0 Å². The average molecular weight is 398 g/mol. The van der Waals surface area contributed by atoms with Crippen molar-refractivity contribution in [3.8, 4) is 11.4 Å². The number of ether oxygens (including phenoxy) is 1. The summed E-state index contributed by atoms with van der Waals surface area (Å²) in [5, 5.41) is 7.85. The molecule has 0 bridgehead atoms. The summed E-state index contributed by atoms with van der Waals surface area (Å²) >= 11 is 18.0. The Labute approximate surface area is 158 Å². The molecule has 1 aromatic heterocycles. The lowest BCUT2D eigenvalue weighted by molar-refractivity contribution is -0.118. The summed E-state index contributed by atoms with van der Waals surface area (Å²) in [5.41, 5.74) is 1.10. The predicted molar refractivity (Wildman–Crippen MR) is 97.0 cm³/mol. The highest BCUT2D eigenvalue weighted by atomic mass is 35.5. The number of aromatic nitrogens is 3. The first kappa shape index (κ1) is 17.5. The highest BCUT2D eigenvalue weighted by molar-refractivity contribution is 6.42. The zero-order valence-corrected chi connectivity index (χ0v) is 14.9. The van der Waals surface area contributed by atoms with E-state index in [1.807, 2.05) is 0 Å². The molecule has 3 rings (SSSR count). The van der Waals surface area contributed by atoms with Crippen molar-refractivity contribution in [2.75, 3.05) is 11.9 Å². The van der Waals surface area contributed by atoms with Gasteiger partial charge in [0.25, 0.3) is 5.91 Å². The van der Waals surface area contributed by atoms with Crippen LogP contribution < -0.4 is 10.1 Å². The van der Waals surface area contributed by atoms with Gasteiger partial charge in [-0.2, -0.15) is 5.10 Å². The van der Waals surface area contributed by atoms with Gasteiger partial charge in [-0.3, -0.25) is 4.79 Å². The zero-order valence-electron chi connectivity index (χ0n) is 12.6. The number of nitrogens with zero attached hydrogens (tertiary/aromatic N) is 3. The summed E-state index contributed by atoms with van der Waals surface area (Å²) in [6, 6.07) is 9.97. The second kappa shape index (κ2) is 7.74. The Morgan fingerprint density at radius 3 is 2.80 bits per heavy atom. The number of hydrogen-bond acceptors (Lipinski definition) is 4. The molecule has 0 unspecified atom stereocenters. The molecular formula is C16H11Cl3N4O2. The summed E-state index contributed by atoms with van der Waals surface area (Å²) in [6.07, 6.45) is 2.91. The van der Waals surface area contributed by atoms with Crippen LogP contribution in [-0.4, -0.2) is 27.3 Å². The molecule has 1 amide bonds. The normalized spacial score (nSPS) is 10.5. The van der Waals surface area contributed by atoms with Crippen LogP contribution in [0.4, 0.5) is 5.69 Å². The Hall–Kier alpha value is -2.28. The van der Waals surface area contributed by atoms with Gasteiger partial charge >= 0.3 is 0 Å². The van der Waals surface area contributed by atoms with Crippen molar-refractivity contribution >= 4 is 46.4 Å². The Kier molecular flexibility index (Phi) is 5.43. The average Bonchev–Trinajstić information content (AvgIpc) is 3.10. The molecule has 0 aliphatic carbocycles. The molecule has 2 aromatic carbocycles. The van der Waals surface area contributed by atoms with Gasteiger partial charge in [-0.05, 0) is 30.3 Å². The third kappa shape index (κ3) is 4.22. The van der Waals surface area contributed by atoms with Crippen molar-refractivity contribution in [2.45, 2.75) is 0 Å². The van der Waals surface area contributed by atoms with Crippen LogP contribution in [0.1, 0.15) is 0 Å². The second-order valence-corrected chi connectivity index (χ2v) is 6.11. The van der Waals surface area contributed by atoms with Crippen molar-refractivity contribution in [3.05, 3.63) is 64.1 Å². The number of amides is 1. The number of rotatable bonds is 5. The van der Waals surface area contributed by atoms with Gasteiger partial charge in [-0.1, -0.05) is 40.9 Å². The van der Waals surface area contributed by atoms with E-state index in [1.54, 1.807) is 36.4 Å². The quantitative estimate of drug-likeness (QED) is 0.699. The van der Waals surface area contributed by atoms with Crippen LogP contribution in [-0.2, 0) is 4.79 Å². The molecule has 128 valence electrons. The van der Waals surface area contributed by atoms with Crippen LogP contribution in [0.15, 0.2) is 49.1 Å². The van der Waals surface area contributed by atoms with Crippen LogP contribution in [0.3, 0.4) is 0 Å². The number of halogens is 3. The molecule has 3 aromatic rings. The van der Waals surface area contributed by atoms with E-state index in [0.29, 0.717) is 27.2 Å². The maximum absolute atomic E-state index is 12.2. The van der Waals surface area contributed by atoms with Gasteiger partial charge in [-0.25, -0.2) is 9.67 Å². The van der Waals surface area contributed by atoms with E-state index in [9.17, 15) is 4.79 Å². The van der Waals surface area contributed by atoms with Crippen molar-refractivity contribution in [2.24, 2.45) is 0 Å². The topological polar surface area (TPSA) is 69.0 Å². The lowest BCUT2D eigenvalue weighted by atomic mass is 10.2. The smallest absolute Gasteiger partial charge is 0.262 e. The largest absolute Gasteiger partial charge is 0.482 e. The lowest BCUT2D eigenvalue weighted by Gasteiger charge is -2.12. The fraction of sp³-hybridized carbons (Fsp3) is 0.0625. The third-order valence-electron chi connectivity index (χ3n) is 3.17. The zero-order chi connectivity index (χ0) is 17.8. The molecule has 0 fully saturated rings. The van der Waals surface area contributed by atoms with Crippen molar-refractivity contribution in [3.63, 3.8) is 0 Å². The van der Waals surface area contributed by atoms with E-state index in [1.165, 1.54) is 17.3 Å². The minimum Gasteiger partial charge on any atom is -0.482 e. The molecule has 25 heavy (non-hydrogen) atoms. The van der Waals surface area contributed by atoms with Crippen molar-refractivity contribution < 1.29 is 9.53 Å². The highest BCUT2D eigenvalue weighted by Crippen LogP contribution is 2.31. The van der Waals surface area contributed by atoms with Gasteiger partial charge in [0.1, 0.15) is 23.4 Å². The van der Waals surface area contributed by atoms with Gasteiger partial charge in [0.15, 0.2) is 6.61 Å². The standard InChI is InChI=1S/C16H11Cl3N4O2/c17-10-4-5-13(23-9-20-8-21-23)12(6-10)22-15(24)7-25-14-3-1-2-11(18)16(14)19/h1-6,8-9H,7H2,(H,22,24). The van der Waals surface area contributed by atoms with Gasteiger partial charge in [0.05, 0.1) is 16.4 Å². The van der Waals surface area contributed by atoms with Gasteiger partial charge < -0.3 is 10.1 Å². The van der Waals surface area contributed by atoms with Crippen LogP contribution in [0.2, 0.25) is 15.1 Å². The fourth-order valence-corrected chi connectivity index (χ4v) is 2.58. The minimum absolute atomic E-state index is 0.247. The maximum Gasteiger partial charge on any atom is 0.262 e. The van der Waals surface area contributed by atoms with E-state index < -0.39 is 0 Å². The van der Waals surface area contributed by atoms with Crippen LogP contribution in [0.25, 0.3) is 5.69 Å². The number of nitrogens with one attached hydrogen (secondary N) is 1.